The Hall–Kier alpha value is -1.84. The molecule has 1 saturated heterocycles. The molecule has 0 saturated carbocycles. The van der Waals surface area contributed by atoms with Crippen molar-refractivity contribution in [3.63, 3.8) is 0 Å². The third-order valence-electron chi connectivity index (χ3n) is 4.41. The highest BCUT2D eigenvalue weighted by Gasteiger charge is 2.30. The van der Waals surface area contributed by atoms with Crippen molar-refractivity contribution in [1.29, 1.82) is 0 Å². The number of hydrogen-bond donors (Lipinski definition) is 1. The second-order valence-corrected chi connectivity index (χ2v) is 6.53. The van der Waals surface area contributed by atoms with Crippen LogP contribution in [0.1, 0.15) is 48.2 Å². The Morgan fingerprint density at radius 3 is 2.27 bits per heavy atom. The molecule has 1 aliphatic heterocycles. The van der Waals surface area contributed by atoms with Gasteiger partial charge < -0.3 is 10.2 Å². The van der Waals surface area contributed by atoms with E-state index in [9.17, 15) is 9.59 Å². The summed E-state index contributed by atoms with van der Waals surface area (Å²) >= 11 is 0. The molecular formula is C18H26N2O2. The molecule has 0 unspecified atom stereocenters. The van der Waals surface area contributed by atoms with Gasteiger partial charge in [-0.15, -0.1) is 0 Å². The number of carbonyl (C=O) groups is 2. The van der Waals surface area contributed by atoms with Gasteiger partial charge in [-0.2, -0.15) is 0 Å². The zero-order valence-corrected chi connectivity index (χ0v) is 14.0. The maximum absolute atomic E-state index is 12.6. The number of rotatable bonds is 4. The number of likely N-dealkylation sites (tertiary alicyclic amines) is 1. The Morgan fingerprint density at radius 1 is 1.09 bits per heavy atom. The molecule has 1 atom stereocenters. The van der Waals surface area contributed by atoms with Crippen molar-refractivity contribution in [2.45, 2.75) is 46.6 Å². The molecule has 1 heterocycles. The van der Waals surface area contributed by atoms with Gasteiger partial charge in [0.15, 0.2) is 0 Å². The second-order valence-electron chi connectivity index (χ2n) is 6.53. The molecule has 0 bridgehead atoms. The molecule has 0 aromatic heterocycles. The zero-order valence-electron chi connectivity index (χ0n) is 14.0. The normalized spacial score (nSPS) is 16.0. The van der Waals surface area contributed by atoms with Crippen LogP contribution in [0.15, 0.2) is 18.2 Å². The minimum absolute atomic E-state index is 0.0460. The third kappa shape index (κ3) is 3.67. The van der Waals surface area contributed by atoms with Crippen molar-refractivity contribution in [3.8, 4) is 0 Å². The lowest BCUT2D eigenvalue weighted by Gasteiger charge is -2.26. The van der Waals surface area contributed by atoms with Gasteiger partial charge in [0.1, 0.15) is 6.04 Å². The average molecular weight is 302 g/mol. The van der Waals surface area contributed by atoms with Crippen LogP contribution in [-0.4, -0.2) is 35.8 Å². The topological polar surface area (TPSA) is 49.4 Å². The van der Waals surface area contributed by atoms with Gasteiger partial charge in [-0.25, -0.2) is 0 Å². The van der Waals surface area contributed by atoms with Gasteiger partial charge in [-0.1, -0.05) is 19.9 Å². The van der Waals surface area contributed by atoms with Crippen LogP contribution in [0, 0.1) is 19.8 Å². The minimum atomic E-state index is -0.452. The molecule has 22 heavy (non-hydrogen) atoms. The number of nitrogens with zero attached hydrogens (tertiary/aromatic N) is 1. The summed E-state index contributed by atoms with van der Waals surface area (Å²) in [4.78, 5) is 26.9. The summed E-state index contributed by atoms with van der Waals surface area (Å²) in [5.41, 5.74) is 2.85. The summed E-state index contributed by atoms with van der Waals surface area (Å²) in [6.45, 7) is 9.56. The van der Waals surface area contributed by atoms with Crippen molar-refractivity contribution in [2.24, 2.45) is 5.92 Å². The first kappa shape index (κ1) is 16.5. The molecule has 0 aliphatic carbocycles. The Balaban J connectivity index is 2.11. The van der Waals surface area contributed by atoms with E-state index in [-0.39, 0.29) is 17.7 Å². The van der Waals surface area contributed by atoms with Crippen LogP contribution in [0.2, 0.25) is 0 Å². The fraction of sp³-hybridized carbons (Fsp3) is 0.556. The fourth-order valence-electron chi connectivity index (χ4n) is 2.76. The first-order chi connectivity index (χ1) is 10.4. The molecule has 2 amide bonds. The van der Waals surface area contributed by atoms with Crippen molar-refractivity contribution >= 4 is 11.8 Å². The fourth-order valence-corrected chi connectivity index (χ4v) is 2.76. The highest BCUT2D eigenvalue weighted by Crippen LogP contribution is 2.15. The Labute approximate surface area is 132 Å². The van der Waals surface area contributed by atoms with Crippen molar-refractivity contribution < 1.29 is 9.59 Å². The van der Waals surface area contributed by atoms with E-state index in [4.69, 9.17) is 0 Å². The number of amides is 2. The number of carbonyl (C=O) groups excluding carboxylic acids is 2. The lowest BCUT2D eigenvalue weighted by atomic mass is 10.0. The highest BCUT2D eigenvalue weighted by molar-refractivity contribution is 5.97. The van der Waals surface area contributed by atoms with Crippen molar-refractivity contribution in [3.05, 3.63) is 34.9 Å². The molecule has 4 heteroatoms. The van der Waals surface area contributed by atoms with E-state index in [1.165, 1.54) is 0 Å². The molecule has 1 fully saturated rings. The number of nitrogens with one attached hydrogen (secondary N) is 1. The number of aryl methyl sites for hydroxylation is 2. The summed E-state index contributed by atoms with van der Waals surface area (Å²) in [7, 11) is 0. The minimum Gasteiger partial charge on any atom is -0.341 e. The smallest absolute Gasteiger partial charge is 0.251 e. The van der Waals surface area contributed by atoms with Crippen molar-refractivity contribution in [1.82, 2.24) is 10.2 Å². The largest absolute Gasteiger partial charge is 0.341 e. The van der Waals surface area contributed by atoms with Gasteiger partial charge in [0.25, 0.3) is 5.91 Å². The predicted octanol–water partition coefficient (Wildman–Crippen LogP) is 2.68. The van der Waals surface area contributed by atoms with E-state index >= 15 is 0 Å². The lowest BCUT2D eigenvalue weighted by Crippen LogP contribution is -2.50. The van der Waals surface area contributed by atoms with Crippen molar-refractivity contribution in [2.75, 3.05) is 13.1 Å². The van der Waals surface area contributed by atoms with E-state index in [2.05, 4.69) is 5.32 Å². The Morgan fingerprint density at radius 2 is 1.73 bits per heavy atom. The molecule has 0 spiro atoms. The molecule has 0 radical (unpaired) electrons. The summed E-state index contributed by atoms with van der Waals surface area (Å²) < 4.78 is 0. The first-order valence-electron chi connectivity index (χ1n) is 8.07. The third-order valence-corrected chi connectivity index (χ3v) is 4.41. The number of benzene rings is 1. The molecule has 1 aromatic rings. The van der Waals surface area contributed by atoms with Gasteiger partial charge in [0, 0.05) is 18.7 Å². The summed E-state index contributed by atoms with van der Waals surface area (Å²) in [6, 6.07) is 5.18. The standard InChI is InChI=1S/C18H26N2O2/c1-12(2)16(18(22)20-9-5-6-10-20)19-17(21)15-8-7-13(3)14(4)11-15/h7-8,11-12,16H,5-6,9-10H2,1-4H3,(H,19,21)/t16-/m0/s1. The summed E-state index contributed by atoms with van der Waals surface area (Å²) in [5, 5.41) is 2.93. The lowest BCUT2D eigenvalue weighted by molar-refractivity contribution is -0.133. The maximum Gasteiger partial charge on any atom is 0.251 e. The van der Waals surface area contributed by atoms with Gasteiger partial charge >= 0.3 is 0 Å². The van der Waals surface area contributed by atoms with Crippen LogP contribution in [0.4, 0.5) is 0 Å². The van der Waals surface area contributed by atoms with Gasteiger partial charge in [-0.05, 0) is 55.9 Å². The number of hydrogen-bond acceptors (Lipinski definition) is 2. The molecule has 120 valence electrons. The van der Waals surface area contributed by atoms with Crippen LogP contribution in [0.3, 0.4) is 0 Å². The van der Waals surface area contributed by atoms with E-state index in [1.54, 1.807) is 0 Å². The molecule has 1 aliphatic rings. The quantitative estimate of drug-likeness (QED) is 0.929. The molecule has 4 nitrogen and oxygen atoms in total. The molecular weight excluding hydrogens is 276 g/mol. The SMILES string of the molecule is Cc1ccc(C(=O)N[C@H](C(=O)N2CCCC2)C(C)C)cc1C. The molecule has 1 aromatic carbocycles. The van der Waals surface area contributed by atoms with E-state index < -0.39 is 6.04 Å². The van der Waals surface area contributed by atoms with Gasteiger partial charge in [0.05, 0.1) is 0 Å². The van der Waals surface area contributed by atoms with Gasteiger partial charge in [0.2, 0.25) is 5.91 Å². The predicted molar refractivity (Wildman–Crippen MR) is 87.8 cm³/mol. The summed E-state index contributed by atoms with van der Waals surface area (Å²) in [5.74, 6) is -0.0531. The highest BCUT2D eigenvalue weighted by atomic mass is 16.2. The van der Waals surface area contributed by atoms with Crippen LogP contribution >= 0.6 is 0 Å². The maximum atomic E-state index is 12.6. The van der Waals surface area contributed by atoms with Crippen LogP contribution in [-0.2, 0) is 4.79 Å². The molecule has 1 N–H and O–H groups in total. The molecule has 2 rings (SSSR count). The monoisotopic (exact) mass is 302 g/mol. The second kappa shape index (κ2) is 6.95. The van der Waals surface area contributed by atoms with Crippen LogP contribution in [0.5, 0.6) is 0 Å². The van der Waals surface area contributed by atoms with Crippen LogP contribution in [0.25, 0.3) is 0 Å². The average Bonchev–Trinajstić information content (AvgIpc) is 3.00. The Kier molecular flexibility index (Phi) is 5.22. The van der Waals surface area contributed by atoms with E-state index in [0.717, 1.165) is 37.1 Å². The zero-order chi connectivity index (χ0) is 16.3. The summed E-state index contributed by atoms with van der Waals surface area (Å²) in [6.07, 6.45) is 2.11. The van der Waals surface area contributed by atoms with Gasteiger partial charge in [-0.3, -0.25) is 9.59 Å². The Bertz CT molecular complexity index is 560. The van der Waals surface area contributed by atoms with E-state index in [1.807, 2.05) is 50.8 Å². The van der Waals surface area contributed by atoms with Crippen LogP contribution < -0.4 is 5.32 Å². The first-order valence-corrected chi connectivity index (χ1v) is 8.07. The van der Waals surface area contributed by atoms with E-state index in [0.29, 0.717) is 5.56 Å².